The van der Waals surface area contributed by atoms with Crippen molar-refractivity contribution >= 4 is 33.2 Å². The van der Waals surface area contributed by atoms with Crippen LogP contribution in [0.4, 0.5) is 0 Å². The van der Waals surface area contributed by atoms with Crippen LogP contribution in [0.15, 0.2) is 60.0 Å². The lowest BCUT2D eigenvalue weighted by Gasteiger charge is -2.09. The standard InChI is InChI=1S/C19H10ClN3OS/c20-15-4-2-1-3-14(15)18-22-16-9-10-25-17(16)19(23-18)24-13-7-5-12(11-21)6-8-13/h1-10H. The van der Waals surface area contributed by atoms with Crippen LogP contribution in [-0.4, -0.2) is 9.97 Å². The van der Waals surface area contributed by atoms with Gasteiger partial charge in [-0.3, -0.25) is 0 Å². The first-order valence-electron chi connectivity index (χ1n) is 7.43. The molecule has 0 amide bonds. The molecule has 2 heterocycles. The van der Waals surface area contributed by atoms with Crippen LogP contribution in [0.3, 0.4) is 0 Å². The highest BCUT2D eigenvalue weighted by atomic mass is 35.5. The molecule has 0 aliphatic rings. The zero-order chi connectivity index (χ0) is 17.2. The van der Waals surface area contributed by atoms with Gasteiger partial charge in [0.25, 0.3) is 0 Å². The molecule has 25 heavy (non-hydrogen) atoms. The topological polar surface area (TPSA) is 58.8 Å². The summed E-state index contributed by atoms with van der Waals surface area (Å²) in [7, 11) is 0. The molecule has 0 aliphatic heterocycles. The Labute approximate surface area is 152 Å². The summed E-state index contributed by atoms with van der Waals surface area (Å²) < 4.78 is 6.82. The van der Waals surface area contributed by atoms with E-state index in [4.69, 9.17) is 21.6 Å². The second-order valence-corrected chi connectivity index (χ2v) is 6.53. The van der Waals surface area contributed by atoms with Gasteiger partial charge in [-0.25, -0.2) is 4.98 Å². The van der Waals surface area contributed by atoms with Gasteiger partial charge in [-0.1, -0.05) is 23.7 Å². The molecule has 120 valence electrons. The third-order valence-corrected chi connectivity index (χ3v) is 4.81. The minimum absolute atomic E-state index is 0.472. The van der Waals surface area contributed by atoms with E-state index in [1.165, 1.54) is 11.3 Å². The number of fused-ring (bicyclic) bond motifs is 1. The number of rotatable bonds is 3. The molecule has 0 atom stereocenters. The van der Waals surface area contributed by atoms with E-state index in [9.17, 15) is 0 Å². The van der Waals surface area contributed by atoms with Gasteiger partial charge in [-0.05, 0) is 47.8 Å². The van der Waals surface area contributed by atoms with Gasteiger partial charge in [0.05, 0.1) is 22.2 Å². The Morgan fingerprint density at radius 1 is 1.00 bits per heavy atom. The van der Waals surface area contributed by atoms with Crippen molar-refractivity contribution in [3.8, 4) is 29.1 Å². The SMILES string of the molecule is N#Cc1ccc(Oc2nc(-c3ccccc3Cl)nc3ccsc23)cc1. The number of halogens is 1. The molecule has 0 aliphatic carbocycles. The van der Waals surface area contributed by atoms with Crippen LogP contribution >= 0.6 is 22.9 Å². The summed E-state index contributed by atoms with van der Waals surface area (Å²) in [6, 6.07) is 18.4. The van der Waals surface area contributed by atoms with Crippen molar-refractivity contribution in [2.75, 3.05) is 0 Å². The number of ether oxygens (including phenoxy) is 1. The van der Waals surface area contributed by atoms with Crippen LogP contribution in [0.25, 0.3) is 21.6 Å². The van der Waals surface area contributed by atoms with Gasteiger partial charge in [0, 0.05) is 5.56 Å². The highest BCUT2D eigenvalue weighted by molar-refractivity contribution is 7.17. The van der Waals surface area contributed by atoms with Crippen LogP contribution in [0.5, 0.6) is 11.6 Å². The number of thiophene rings is 1. The van der Waals surface area contributed by atoms with Gasteiger partial charge in [0.1, 0.15) is 10.4 Å². The van der Waals surface area contributed by atoms with Crippen molar-refractivity contribution in [3.63, 3.8) is 0 Å². The molecule has 0 radical (unpaired) electrons. The molecule has 4 rings (SSSR count). The number of nitrogens with zero attached hydrogens (tertiary/aromatic N) is 3. The predicted molar refractivity (Wildman–Crippen MR) is 99.1 cm³/mol. The Hall–Kier alpha value is -2.94. The third-order valence-electron chi connectivity index (χ3n) is 3.59. The molecule has 6 heteroatoms. The van der Waals surface area contributed by atoms with Crippen molar-refractivity contribution in [2.45, 2.75) is 0 Å². The van der Waals surface area contributed by atoms with Crippen molar-refractivity contribution in [1.82, 2.24) is 9.97 Å². The number of hydrogen-bond donors (Lipinski definition) is 0. The second-order valence-electron chi connectivity index (χ2n) is 5.21. The quantitative estimate of drug-likeness (QED) is 0.470. The zero-order valence-corrected chi connectivity index (χ0v) is 14.4. The highest BCUT2D eigenvalue weighted by Crippen LogP contribution is 2.35. The summed E-state index contributed by atoms with van der Waals surface area (Å²) >= 11 is 7.79. The molecular weight excluding hydrogens is 354 g/mol. The summed E-state index contributed by atoms with van der Waals surface area (Å²) in [6.45, 7) is 0. The van der Waals surface area contributed by atoms with Crippen molar-refractivity contribution in [1.29, 1.82) is 5.26 Å². The van der Waals surface area contributed by atoms with Crippen LogP contribution in [0.2, 0.25) is 5.02 Å². The largest absolute Gasteiger partial charge is 0.437 e. The van der Waals surface area contributed by atoms with Crippen LogP contribution in [0, 0.1) is 11.3 Å². The Balaban J connectivity index is 1.81. The van der Waals surface area contributed by atoms with E-state index in [0.29, 0.717) is 28.0 Å². The van der Waals surface area contributed by atoms with E-state index < -0.39 is 0 Å². The fourth-order valence-electron chi connectivity index (χ4n) is 2.38. The molecule has 0 N–H and O–H groups in total. The smallest absolute Gasteiger partial charge is 0.240 e. The lowest BCUT2D eigenvalue weighted by atomic mass is 10.2. The first-order valence-corrected chi connectivity index (χ1v) is 8.68. The van der Waals surface area contributed by atoms with Crippen LogP contribution in [0.1, 0.15) is 5.56 Å². The van der Waals surface area contributed by atoms with Gasteiger partial charge < -0.3 is 4.74 Å². The summed E-state index contributed by atoms with van der Waals surface area (Å²) in [6.07, 6.45) is 0. The molecule has 0 unspecified atom stereocenters. The summed E-state index contributed by atoms with van der Waals surface area (Å²) in [4.78, 5) is 9.16. The van der Waals surface area contributed by atoms with E-state index in [1.807, 2.05) is 29.6 Å². The Morgan fingerprint density at radius 3 is 2.56 bits per heavy atom. The Bertz CT molecular complexity index is 1100. The van der Waals surface area contributed by atoms with Gasteiger partial charge in [0.2, 0.25) is 5.88 Å². The zero-order valence-electron chi connectivity index (χ0n) is 12.8. The average Bonchev–Trinajstić information content (AvgIpc) is 3.11. The monoisotopic (exact) mass is 363 g/mol. The van der Waals surface area contributed by atoms with Crippen LogP contribution < -0.4 is 4.74 Å². The van der Waals surface area contributed by atoms with Gasteiger partial charge in [-0.2, -0.15) is 10.2 Å². The molecule has 0 fully saturated rings. The predicted octanol–water partition coefficient (Wildman–Crippen LogP) is 5.68. The third kappa shape index (κ3) is 3.05. The first kappa shape index (κ1) is 15.6. The summed E-state index contributed by atoms with van der Waals surface area (Å²) in [5, 5.41) is 11.4. The second kappa shape index (κ2) is 6.52. The lowest BCUT2D eigenvalue weighted by molar-refractivity contribution is 0.470. The molecule has 4 nitrogen and oxygen atoms in total. The molecule has 0 spiro atoms. The van der Waals surface area contributed by atoms with Crippen molar-refractivity contribution in [3.05, 3.63) is 70.6 Å². The molecule has 0 bridgehead atoms. The van der Waals surface area contributed by atoms with Gasteiger partial charge in [-0.15, -0.1) is 11.3 Å². The number of aromatic nitrogens is 2. The maximum absolute atomic E-state index is 8.90. The first-order chi connectivity index (χ1) is 12.2. The lowest BCUT2D eigenvalue weighted by Crippen LogP contribution is -1.95. The van der Waals surface area contributed by atoms with E-state index in [2.05, 4.69) is 16.0 Å². The van der Waals surface area contributed by atoms with Crippen molar-refractivity contribution in [2.24, 2.45) is 0 Å². The van der Waals surface area contributed by atoms with Gasteiger partial charge in [0.15, 0.2) is 5.82 Å². The van der Waals surface area contributed by atoms with E-state index in [1.54, 1.807) is 30.3 Å². The fraction of sp³-hybridized carbons (Fsp3) is 0. The number of benzene rings is 2. The molecule has 0 saturated heterocycles. The Morgan fingerprint density at radius 2 is 1.80 bits per heavy atom. The molecule has 2 aromatic heterocycles. The molecule has 2 aromatic carbocycles. The van der Waals surface area contributed by atoms with E-state index >= 15 is 0 Å². The van der Waals surface area contributed by atoms with Crippen molar-refractivity contribution < 1.29 is 4.74 Å². The maximum atomic E-state index is 8.90. The summed E-state index contributed by atoms with van der Waals surface area (Å²) in [5.74, 6) is 1.59. The normalized spacial score (nSPS) is 10.6. The maximum Gasteiger partial charge on any atom is 0.240 e. The summed E-state index contributed by atoms with van der Waals surface area (Å²) in [5.41, 5.74) is 2.13. The van der Waals surface area contributed by atoms with Gasteiger partial charge >= 0.3 is 0 Å². The molecule has 0 saturated carbocycles. The fourth-order valence-corrected chi connectivity index (χ4v) is 3.35. The Kier molecular flexibility index (Phi) is 4.06. The average molecular weight is 364 g/mol. The van der Waals surface area contributed by atoms with E-state index in [0.717, 1.165) is 15.8 Å². The van der Waals surface area contributed by atoms with E-state index in [-0.39, 0.29) is 0 Å². The number of nitriles is 1. The highest BCUT2D eigenvalue weighted by Gasteiger charge is 2.14. The molecular formula is C19H10ClN3OS. The number of hydrogen-bond acceptors (Lipinski definition) is 5. The minimum Gasteiger partial charge on any atom is -0.437 e. The minimum atomic E-state index is 0.472. The molecule has 4 aromatic rings. The van der Waals surface area contributed by atoms with Crippen LogP contribution in [-0.2, 0) is 0 Å².